The molecule has 3 atom stereocenters. The molecule has 3 nitrogen and oxygen atoms in total. The van der Waals surface area contributed by atoms with Crippen LogP contribution in [0.1, 0.15) is 53.4 Å². The van der Waals surface area contributed by atoms with Crippen LogP contribution in [0.3, 0.4) is 0 Å². The maximum atomic E-state index is 5.92. The third kappa shape index (κ3) is 4.44. The Kier molecular flexibility index (Phi) is 5.88. The third-order valence-electron chi connectivity index (χ3n) is 5.16. The van der Waals surface area contributed by atoms with Gasteiger partial charge in [0.2, 0.25) is 0 Å². The van der Waals surface area contributed by atoms with Crippen molar-refractivity contribution in [3.8, 4) is 0 Å². The summed E-state index contributed by atoms with van der Waals surface area (Å²) in [4.78, 5) is 2.50. The average Bonchev–Trinajstić information content (AvgIpc) is 2.44. The van der Waals surface area contributed by atoms with Crippen molar-refractivity contribution in [2.75, 3.05) is 32.8 Å². The Hall–Kier alpha value is -0.120. The fraction of sp³-hybridized carbons (Fsp3) is 1.00. The second kappa shape index (κ2) is 7.24. The molecule has 0 amide bonds. The number of nitrogens with zero attached hydrogens (tertiary/aromatic N) is 1. The fourth-order valence-corrected chi connectivity index (χ4v) is 3.89. The molecule has 0 bridgehead atoms. The summed E-state index contributed by atoms with van der Waals surface area (Å²) in [5.41, 5.74) is 0.418. The standard InChI is InChI=1S/C17H34N2O/c1-5-19-10-11-20-14(13-19)12-18-16-9-7-6-8-15(16)17(2,3)4/h14-16,18H,5-13H2,1-4H3. The minimum Gasteiger partial charge on any atom is -0.374 e. The first kappa shape index (κ1) is 16.3. The summed E-state index contributed by atoms with van der Waals surface area (Å²) in [5.74, 6) is 0.808. The number of hydrogen-bond acceptors (Lipinski definition) is 3. The summed E-state index contributed by atoms with van der Waals surface area (Å²) in [7, 11) is 0. The van der Waals surface area contributed by atoms with Crippen LogP contribution in [0.25, 0.3) is 0 Å². The normalized spacial score (nSPS) is 33.3. The van der Waals surface area contributed by atoms with Crippen molar-refractivity contribution >= 4 is 0 Å². The van der Waals surface area contributed by atoms with Gasteiger partial charge in [0.1, 0.15) is 0 Å². The van der Waals surface area contributed by atoms with Gasteiger partial charge in [-0.05, 0) is 30.7 Å². The van der Waals surface area contributed by atoms with E-state index in [0.717, 1.165) is 38.7 Å². The Bertz CT molecular complexity index is 287. The van der Waals surface area contributed by atoms with Crippen molar-refractivity contribution in [2.24, 2.45) is 11.3 Å². The zero-order valence-corrected chi connectivity index (χ0v) is 14.0. The van der Waals surface area contributed by atoms with E-state index in [2.05, 4.69) is 37.9 Å². The van der Waals surface area contributed by atoms with E-state index in [4.69, 9.17) is 4.74 Å². The van der Waals surface area contributed by atoms with E-state index in [1.54, 1.807) is 0 Å². The molecule has 20 heavy (non-hydrogen) atoms. The lowest BCUT2D eigenvalue weighted by Gasteiger charge is -2.42. The van der Waals surface area contributed by atoms with Gasteiger partial charge in [-0.15, -0.1) is 0 Å². The van der Waals surface area contributed by atoms with E-state index in [1.165, 1.54) is 25.7 Å². The van der Waals surface area contributed by atoms with Gasteiger partial charge >= 0.3 is 0 Å². The van der Waals surface area contributed by atoms with Crippen LogP contribution >= 0.6 is 0 Å². The lowest BCUT2D eigenvalue weighted by atomic mass is 9.69. The van der Waals surface area contributed by atoms with Gasteiger partial charge in [-0.3, -0.25) is 4.90 Å². The first-order valence-electron chi connectivity index (χ1n) is 8.58. The molecule has 0 aromatic carbocycles. The second-order valence-corrected chi connectivity index (χ2v) is 7.66. The van der Waals surface area contributed by atoms with Crippen LogP contribution in [-0.2, 0) is 4.74 Å². The van der Waals surface area contributed by atoms with Gasteiger partial charge in [0.05, 0.1) is 12.7 Å². The van der Waals surface area contributed by atoms with Gasteiger partial charge in [0, 0.05) is 25.7 Å². The number of rotatable bonds is 4. The monoisotopic (exact) mass is 282 g/mol. The molecule has 2 fully saturated rings. The first-order valence-corrected chi connectivity index (χ1v) is 8.58. The van der Waals surface area contributed by atoms with Crippen molar-refractivity contribution < 1.29 is 4.74 Å². The van der Waals surface area contributed by atoms with Crippen LogP contribution in [-0.4, -0.2) is 49.8 Å². The Morgan fingerprint density at radius 2 is 1.95 bits per heavy atom. The molecule has 3 unspecified atom stereocenters. The zero-order chi connectivity index (χ0) is 14.6. The molecule has 118 valence electrons. The van der Waals surface area contributed by atoms with Gasteiger partial charge in [0.25, 0.3) is 0 Å². The maximum Gasteiger partial charge on any atom is 0.0826 e. The smallest absolute Gasteiger partial charge is 0.0826 e. The molecule has 3 heteroatoms. The number of likely N-dealkylation sites (N-methyl/N-ethyl adjacent to an activating group) is 1. The highest BCUT2D eigenvalue weighted by Gasteiger charge is 2.34. The van der Waals surface area contributed by atoms with Gasteiger partial charge in [-0.2, -0.15) is 0 Å². The highest BCUT2D eigenvalue weighted by Crippen LogP contribution is 2.37. The van der Waals surface area contributed by atoms with Gasteiger partial charge in [-0.1, -0.05) is 40.5 Å². The summed E-state index contributed by atoms with van der Waals surface area (Å²) < 4.78 is 5.92. The van der Waals surface area contributed by atoms with E-state index in [1.807, 2.05) is 0 Å². The lowest BCUT2D eigenvalue weighted by molar-refractivity contribution is -0.0291. The SMILES string of the molecule is CCN1CCOC(CNC2CCCCC2C(C)(C)C)C1. The Labute approximate surface area is 125 Å². The molecule has 2 rings (SSSR count). The molecular formula is C17H34N2O. The minimum absolute atomic E-state index is 0.381. The lowest BCUT2D eigenvalue weighted by Crippen LogP contribution is -2.51. The molecule has 1 saturated heterocycles. The molecule has 1 heterocycles. The van der Waals surface area contributed by atoms with Crippen molar-refractivity contribution in [3.05, 3.63) is 0 Å². The average molecular weight is 282 g/mol. The Morgan fingerprint density at radius 3 is 2.65 bits per heavy atom. The highest BCUT2D eigenvalue weighted by molar-refractivity contribution is 4.89. The van der Waals surface area contributed by atoms with Crippen LogP contribution in [0.5, 0.6) is 0 Å². The molecule has 0 aromatic heterocycles. The predicted octanol–water partition coefficient (Wildman–Crippen LogP) is 2.90. The van der Waals surface area contributed by atoms with Crippen molar-refractivity contribution in [2.45, 2.75) is 65.5 Å². The number of nitrogens with one attached hydrogen (secondary N) is 1. The van der Waals surface area contributed by atoms with E-state index in [9.17, 15) is 0 Å². The van der Waals surface area contributed by atoms with Gasteiger partial charge in [-0.25, -0.2) is 0 Å². The molecule has 0 radical (unpaired) electrons. The topological polar surface area (TPSA) is 24.5 Å². The Balaban J connectivity index is 1.82. The maximum absolute atomic E-state index is 5.92. The van der Waals surface area contributed by atoms with Crippen LogP contribution in [0, 0.1) is 11.3 Å². The third-order valence-corrected chi connectivity index (χ3v) is 5.16. The van der Waals surface area contributed by atoms with Gasteiger partial charge in [0.15, 0.2) is 0 Å². The van der Waals surface area contributed by atoms with Crippen LogP contribution in [0.15, 0.2) is 0 Å². The molecule has 1 N–H and O–H groups in total. The summed E-state index contributed by atoms with van der Waals surface area (Å²) in [5, 5.41) is 3.84. The van der Waals surface area contributed by atoms with E-state index in [-0.39, 0.29) is 0 Å². The minimum atomic E-state index is 0.381. The number of hydrogen-bond donors (Lipinski definition) is 1. The Morgan fingerprint density at radius 1 is 1.20 bits per heavy atom. The number of ether oxygens (including phenoxy) is 1. The zero-order valence-electron chi connectivity index (χ0n) is 14.0. The predicted molar refractivity (Wildman–Crippen MR) is 85.1 cm³/mol. The van der Waals surface area contributed by atoms with E-state index < -0.39 is 0 Å². The second-order valence-electron chi connectivity index (χ2n) is 7.66. The quantitative estimate of drug-likeness (QED) is 0.858. The summed E-state index contributed by atoms with van der Waals surface area (Å²) in [6.45, 7) is 14.7. The molecule has 1 saturated carbocycles. The highest BCUT2D eigenvalue weighted by atomic mass is 16.5. The van der Waals surface area contributed by atoms with E-state index in [0.29, 0.717) is 17.6 Å². The van der Waals surface area contributed by atoms with Crippen molar-refractivity contribution in [1.82, 2.24) is 10.2 Å². The van der Waals surface area contributed by atoms with Crippen molar-refractivity contribution in [3.63, 3.8) is 0 Å². The molecular weight excluding hydrogens is 248 g/mol. The summed E-state index contributed by atoms with van der Waals surface area (Å²) in [6.07, 6.45) is 5.90. The summed E-state index contributed by atoms with van der Waals surface area (Å²) in [6, 6.07) is 0.685. The van der Waals surface area contributed by atoms with Gasteiger partial charge < -0.3 is 10.1 Å². The fourth-order valence-electron chi connectivity index (χ4n) is 3.89. The van der Waals surface area contributed by atoms with Crippen LogP contribution in [0.2, 0.25) is 0 Å². The molecule has 2 aliphatic rings. The molecule has 1 aliphatic carbocycles. The van der Waals surface area contributed by atoms with Crippen molar-refractivity contribution in [1.29, 1.82) is 0 Å². The summed E-state index contributed by atoms with van der Waals surface area (Å²) >= 11 is 0. The first-order chi connectivity index (χ1) is 9.50. The van der Waals surface area contributed by atoms with Crippen LogP contribution in [0.4, 0.5) is 0 Å². The molecule has 0 aromatic rings. The largest absolute Gasteiger partial charge is 0.374 e. The van der Waals surface area contributed by atoms with Crippen LogP contribution < -0.4 is 5.32 Å². The van der Waals surface area contributed by atoms with E-state index >= 15 is 0 Å². The number of morpholine rings is 1. The molecule has 0 spiro atoms. The molecule has 1 aliphatic heterocycles.